The summed E-state index contributed by atoms with van der Waals surface area (Å²) < 4.78 is 5.83. The van der Waals surface area contributed by atoms with Crippen molar-refractivity contribution in [3.63, 3.8) is 0 Å². The smallest absolute Gasteiger partial charge is 0.293 e. The summed E-state index contributed by atoms with van der Waals surface area (Å²) in [5.74, 6) is 1.44. The van der Waals surface area contributed by atoms with E-state index in [4.69, 9.17) is 4.74 Å². The van der Waals surface area contributed by atoms with Gasteiger partial charge in [-0.3, -0.25) is 4.79 Å². The van der Waals surface area contributed by atoms with Gasteiger partial charge in [-0.2, -0.15) is 0 Å². The molecule has 1 N–H and O–H groups in total. The lowest BCUT2D eigenvalue weighted by Gasteiger charge is -2.62. The van der Waals surface area contributed by atoms with Crippen LogP contribution in [0.3, 0.4) is 0 Å². The summed E-state index contributed by atoms with van der Waals surface area (Å²) in [5.41, 5.74) is 5.27. The van der Waals surface area contributed by atoms with E-state index < -0.39 is 0 Å². The molecule has 3 nitrogen and oxygen atoms in total. The molecule has 2 fully saturated rings. The van der Waals surface area contributed by atoms with E-state index in [1.165, 1.54) is 37.7 Å². The first-order valence-electron chi connectivity index (χ1n) is 14.0. The lowest BCUT2D eigenvalue weighted by Crippen LogP contribution is -2.55. The summed E-state index contributed by atoms with van der Waals surface area (Å²) in [5, 5.41) is 10.8. The molecule has 4 aliphatic rings. The van der Waals surface area contributed by atoms with Gasteiger partial charge in [-0.05, 0) is 97.7 Å². The van der Waals surface area contributed by atoms with Crippen molar-refractivity contribution >= 4 is 6.47 Å². The number of aliphatic hydroxyl groups excluding tert-OH is 1. The zero-order chi connectivity index (χ0) is 25.1. The van der Waals surface area contributed by atoms with E-state index >= 15 is 0 Å². The molecule has 0 spiro atoms. The number of fused-ring (bicyclic) bond motifs is 4. The van der Waals surface area contributed by atoms with E-state index in [1.54, 1.807) is 11.1 Å². The first-order chi connectivity index (χ1) is 15.8. The third kappa shape index (κ3) is 3.66. The lowest BCUT2D eigenvalue weighted by atomic mass is 9.43. The highest BCUT2D eigenvalue weighted by Crippen LogP contribution is 2.72. The summed E-state index contributed by atoms with van der Waals surface area (Å²) in [7, 11) is 0. The Morgan fingerprint density at radius 1 is 1.06 bits per heavy atom. The van der Waals surface area contributed by atoms with Gasteiger partial charge in [0.2, 0.25) is 0 Å². The van der Waals surface area contributed by atoms with Crippen molar-refractivity contribution in [3.05, 3.63) is 23.3 Å². The summed E-state index contributed by atoms with van der Waals surface area (Å²) in [6, 6.07) is 0. The molecule has 2 saturated carbocycles. The fraction of sp³-hybridized carbons (Fsp3) is 0.839. The minimum atomic E-state index is -0.185. The average Bonchev–Trinajstić information content (AvgIpc) is 3.05. The number of carbonyl (C=O) groups is 1. The summed E-state index contributed by atoms with van der Waals surface area (Å²) in [6.07, 6.45) is 10.7. The fourth-order valence-electron chi connectivity index (χ4n) is 9.36. The van der Waals surface area contributed by atoms with E-state index in [-0.39, 0.29) is 33.9 Å². The maximum absolute atomic E-state index is 11.5. The Hall–Kier alpha value is -1.09. The van der Waals surface area contributed by atoms with Crippen LogP contribution in [0.5, 0.6) is 0 Å². The Bertz CT molecular complexity index is 853. The van der Waals surface area contributed by atoms with Crippen molar-refractivity contribution in [3.8, 4) is 0 Å². The quantitative estimate of drug-likeness (QED) is 0.307. The molecule has 3 heteroatoms. The standard InChI is InChI=1S/C31H50O3/c1-20(2)21(3)9-11-25(34-19-32)24-14-18-30(7)23-10-12-26-28(4,5)27(33)15-16-29(26,6)22(23)13-17-31(24,30)8/h19-20,24-27,33H,3,9-18H2,1-2,4-8H3/t24?,25-,26?,27+,29-,30+,31-/m1/s1. The second kappa shape index (κ2) is 8.79. The molecule has 0 bridgehead atoms. The zero-order valence-corrected chi connectivity index (χ0v) is 23.0. The summed E-state index contributed by atoms with van der Waals surface area (Å²) in [4.78, 5) is 11.5. The molecule has 0 saturated heterocycles. The predicted octanol–water partition coefficient (Wildman–Crippen LogP) is 7.63. The number of ether oxygens (including phenoxy) is 1. The number of aliphatic hydroxyl groups is 1. The minimum Gasteiger partial charge on any atom is -0.464 e. The number of hydrogen-bond donors (Lipinski definition) is 1. The molecule has 4 rings (SSSR count). The Balaban J connectivity index is 1.66. The number of hydrogen-bond acceptors (Lipinski definition) is 3. The van der Waals surface area contributed by atoms with Crippen LogP contribution in [0.1, 0.15) is 113 Å². The van der Waals surface area contributed by atoms with Crippen molar-refractivity contribution in [1.82, 2.24) is 0 Å². The number of carbonyl (C=O) groups excluding carboxylic acids is 1. The average molecular weight is 471 g/mol. The second-order valence-electron chi connectivity index (χ2n) is 13.9. The Morgan fingerprint density at radius 3 is 2.41 bits per heavy atom. The van der Waals surface area contributed by atoms with Gasteiger partial charge in [0.05, 0.1) is 6.10 Å². The first kappa shape index (κ1) is 26.0. The van der Waals surface area contributed by atoms with Gasteiger partial charge >= 0.3 is 0 Å². The molecule has 4 aliphatic carbocycles. The van der Waals surface area contributed by atoms with Gasteiger partial charge in [-0.15, -0.1) is 0 Å². The van der Waals surface area contributed by atoms with Crippen LogP contribution in [0.15, 0.2) is 23.3 Å². The van der Waals surface area contributed by atoms with Crippen LogP contribution in [0.4, 0.5) is 0 Å². The molecule has 0 aromatic rings. The third-order valence-electron chi connectivity index (χ3n) is 12.0. The van der Waals surface area contributed by atoms with Crippen LogP contribution in [0.2, 0.25) is 0 Å². The fourth-order valence-corrected chi connectivity index (χ4v) is 9.36. The monoisotopic (exact) mass is 470 g/mol. The molecule has 0 aromatic heterocycles. The molecular formula is C31H50O3. The Labute approximate surface area is 208 Å². The molecule has 34 heavy (non-hydrogen) atoms. The Kier molecular flexibility index (Phi) is 6.71. The molecule has 0 aliphatic heterocycles. The molecule has 0 amide bonds. The highest BCUT2D eigenvalue weighted by atomic mass is 16.5. The largest absolute Gasteiger partial charge is 0.464 e. The highest BCUT2D eigenvalue weighted by molar-refractivity contribution is 5.40. The summed E-state index contributed by atoms with van der Waals surface area (Å²) in [6.45, 7) is 21.5. The van der Waals surface area contributed by atoms with E-state index in [9.17, 15) is 9.90 Å². The van der Waals surface area contributed by atoms with Crippen LogP contribution < -0.4 is 0 Å². The maximum Gasteiger partial charge on any atom is 0.293 e. The third-order valence-corrected chi connectivity index (χ3v) is 12.0. The van der Waals surface area contributed by atoms with Gasteiger partial charge in [-0.1, -0.05) is 71.8 Å². The summed E-state index contributed by atoms with van der Waals surface area (Å²) >= 11 is 0. The van der Waals surface area contributed by atoms with E-state index in [1.807, 2.05) is 0 Å². The van der Waals surface area contributed by atoms with Crippen LogP contribution >= 0.6 is 0 Å². The van der Waals surface area contributed by atoms with Gasteiger partial charge in [0.25, 0.3) is 6.47 Å². The normalized spacial score (nSPS) is 42.0. The van der Waals surface area contributed by atoms with Crippen LogP contribution in [0.25, 0.3) is 0 Å². The molecule has 0 radical (unpaired) electrons. The lowest BCUT2D eigenvalue weighted by molar-refractivity contribution is -0.140. The molecule has 0 heterocycles. The molecule has 0 aromatic carbocycles. The van der Waals surface area contributed by atoms with Gasteiger partial charge in [0, 0.05) is 5.92 Å². The van der Waals surface area contributed by atoms with Crippen LogP contribution in [-0.2, 0) is 9.53 Å². The maximum atomic E-state index is 11.5. The van der Waals surface area contributed by atoms with Crippen LogP contribution in [-0.4, -0.2) is 23.8 Å². The topological polar surface area (TPSA) is 46.5 Å². The van der Waals surface area contributed by atoms with Crippen LogP contribution in [0, 0.1) is 39.4 Å². The van der Waals surface area contributed by atoms with E-state index in [2.05, 4.69) is 55.0 Å². The van der Waals surface area contributed by atoms with Crippen molar-refractivity contribution in [2.24, 2.45) is 39.4 Å². The number of allylic oxidation sites excluding steroid dienone is 3. The Morgan fingerprint density at radius 2 is 1.76 bits per heavy atom. The molecular weight excluding hydrogens is 420 g/mol. The number of rotatable bonds is 7. The van der Waals surface area contributed by atoms with Crippen molar-refractivity contribution < 1.29 is 14.6 Å². The van der Waals surface area contributed by atoms with Gasteiger partial charge < -0.3 is 9.84 Å². The van der Waals surface area contributed by atoms with E-state index in [0.29, 0.717) is 24.2 Å². The molecule has 192 valence electrons. The van der Waals surface area contributed by atoms with Gasteiger partial charge in [-0.25, -0.2) is 0 Å². The SMILES string of the molecule is C=C(CC[C@@H](OC=O)C1CC[C@@]2(C)C3=C(CC[C@]12C)[C@@]1(C)CC[C@H](O)C(C)(C)C1CC3)C(C)C. The van der Waals surface area contributed by atoms with Crippen molar-refractivity contribution in [1.29, 1.82) is 0 Å². The zero-order valence-electron chi connectivity index (χ0n) is 23.0. The van der Waals surface area contributed by atoms with Gasteiger partial charge in [0.1, 0.15) is 6.10 Å². The minimum absolute atomic E-state index is 0.0161. The second-order valence-corrected chi connectivity index (χ2v) is 13.9. The van der Waals surface area contributed by atoms with Crippen molar-refractivity contribution in [2.75, 3.05) is 0 Å². The molecule has 7 atom stereocenters. The van der Waals surface area contributed by atoms with E-state index in [0.717, 1.165) is 32.1 Å². The predicted molar refractivity (Wildman–Crippen MR) is 139 cm³/mol. The highest BCUT2D eigenvalue weighted by Gasteiger charge is 2.64. The van der Waals surface area contributed by atoms with Crippen molar-refractivity contribution in [2.45, 2.75) is 125 Å². The molecule has 2 unspecified atom stereocenters. The first-order valence-corrected chi connectivity index (χ1v) is 14.0. The van der Waals surface area contributed by atoms with Gasteiger partial charge in [0.15, 0.2) is 0 Å².